The number of fused-ring (bicyclic) bond motifs is 1. The van der Waals surface area contributed by atoms with Gasteiger partial charge >= 0.3 is 5.97 Å². The minimum atomic E-state index is -1.26. The number of carbonyl (C=O) groups is 1. The van der Waals surface area contributed by atoms with Crippen molar-refractivity contribution in [3.63, 3.8) is 0 Å². The number of carbonyl (C=O) groups excluding carboxylic acids is 1. The van der Waals surface area contributed by atoms with E-state index in [0.29, 0.717) is 36.3 Å². The van der Waals surface area contributed by atoms with Gasteiger partial charge in [0.1, 0.15) is 6.10 Å². The van der Waals surface area contributed by atoms with E-state index in [0.717, 1.165) is 17.5 Å². The van der Waals surface area contributed by atoms with Crippen molar-refractivity contribution in [3.8, 4) is 28.7 Å². The van der Waals surface area contributed by atoms with Gasteiger partial charge in [0.05, 0.1) is 47.1 Å². The molecule has 0 saturated carbocycles. The molecule has 2 aromatic rings. The highest BCUT2D eigenvalue weighted by Gasteiger charge is 2.39. The second-order valence-corrected chi connectivity index (χ2v) is 8.94. The molecular weight excluding hydrogens is 496 g/mol. The lowest BCUT2D eigenvalue weighted by atomic mass is 9.90. The van der Waals surface area contributed by atoms with Crippen LogP contribution in [-0.4, -0.2) is 75.1 Å². The second kappa shape index (κ2) is 14.1. The monoisotopic (exact) mass is 534 g/mol. The first-order chi connectivity index (χ1) is 18.5. The summed E-state index contributed by atoms with van der Waals surface area (Å²) in [6.07, 6.45) is 0.963. The lowest BCUT2D eigenvalue weighted by Gasteiger charge is -2.23. The van der Waals surface area contributed by atoms with Crippen LogP contribution in [0.15, 0.2) is 24.3 Å². The van der Waals surface area contributed by atoms with E-state index in [9.17, 15) is 20.1 Å². The Labute approximate surface area is 223 Å². The van der Waals surface area contributed by atoms with Crippen molar-refractivity contribution in [2.45, 2.75) is 50.7 Å². The topological polar surface area (TPSA) is 133 Å². The molecule has 0 radical (unpaired) electrons. The van der Waals surface area contributed by atoms with E-state index in [-0.39, 0.29) is 37.1 Å². The number of hydrogen-bond donors (Lipinski definition) is 3. The predicted octanol–water partition coefficient (Wildman–Crippen LogP) is 2.93. The number of aliphatic hydroxyl groups excluding tert-OH is 3. The summed E-state index contributed by atoms with van der Waals surface area (Å²) in [7, 11) is 4.45. The third kappa shape index (κ3) is 6.43. The van der Waals surface area contributed by atoms with Crippen molar-refractivity contribution < 1.29 is 48.5 Å². The van der Waals surface area contributed by atoms with Gasteiger partial charge in [-0.15, -0.1) is 0 Å². The summed E-state index contributed by atoms with van der Waals surface area (Å²) in [6.45, 7) is 1.50. The Morgan fingerprint density at radius 1 is 0.974 bits per heavy atom. The van der Waals surface area contributed by atoms with Crippen molar-refractivity contribution in [1.82, 2.24) is 0 Å². The maximum Gasteiger partial charge on any atom is 0.349 e. The van der Waals surface area contributed by atoms with Crippen LogP contribution in [0.2, 0.25) is 0 Å². The summed E-state index contributed by atoms with van der Waals surface area (Å²) < 4.78 is 34.0. The fourth-order valence-electron chi connectivity index (χ4n) is 4.42. The molecule has 3 N–H and O–H groups in total. The molecule has 10 heteroatoms. The molecule has 1 heterocycles. The zero-order valence-corrected chi connectivity index (χ0v) is 22.4. The number of unbranched alkanes of at least 4 members (excludes halogenated alkanes) is 1. The van der Waals surface area contributed by atoms with E-state index in [1.54, 1.807) is 19.2 Å². The molecule has 0 saturated heterocycles. The van der Waals surface area contributed by atoms with Crippen molar-refractivity contribution in [1.29, 1.82) is 0 Å². The Hall–Kier alpha value is -3.21. The third-order valence-corrected chi connectivity index (χ3v) is 6.44. The normalized spacial score (nSPS) is 16.8. The van der Waals surface area contributed by atoms with Gasteiger partial charge in [-0.3, -0.25) is 0 Å². The van der Waals surface area contributed by atoms with E-state index in [2.05, 4.69) is 0 Å². The minimum Gasteiger partial charge on any atom is -0.493 e. The third-order valence-electron chi connectivity index (χ3n) is 6.44. The summed E-state index contributed by atoms with van der Waals surface area (Å²) in [6, 6.07) is 7.22. The molecule has 38 heavy (non-hydrogen) atoms. The molecule has 0 aromatic heterocycles. The zero-order valence-electron chi connectivity index (χ0n) is 22.4. The molecule has 10 nitrogen and oxygen atoms in total. The van der Waals surface area contributed by atoms with Gasteiger partial charge in [-0.05, 0) is 43.0 Å². The largest absolute Gasteiger partial charge is 0.493 e. The van der Waals surface area contributed by atoms with Gasteiger partial charge < -0.3 is 43.7 Å². The maximum absolute atomic E-state index is 12.4. The molecular formula is C28H38O10. The number of esters is 1. The first-order valence-electron chi connectivity index (χ1n) is 12.7. The van der Waals surface area contributed by atoms with Crippen LogP contribution in [0.1, 0.15) is 54.9 Å². The molecule has 1 aliphatic heterocycles. The Morgan fingerprint density at radius 3 is 2.21 bits per heavy atom. The smallest absolute Gasteiger partial charge is 0.349 e. The number of aliphatic hydroxyl groups is 3. The van der Waals surface area contributed by atoms with Gasteiger partial charge in [0, 0.05) is 17.7 Å². The van der Waals surface area contributed by atoms with E-state index in [1.807, 2.05) is 19.1 Å². The molecule has 0 aliphatic carbocycles. The lowest BCUT2D eigenvalue weighted by Crippen LogP contribution is -2.33. The minimum absolute atomic E-state index is 0.0730. The zero-order chi connectivity index (χ0) is 27.7. The SMILES string of the molecule is CCCCOC(=O)C(CO)Oc1c(OC)cc(C2Oc3c(OC)cc(CCCO)cc3C2CO)cc1OC. The Morgan fingerprint density at radius 2 is 1.66 bits per heavy atom. The number of aryl methyl sites for hydroxylation is 1. The van der Waals surface area contributed by atoms with Crippen LogP contribution in [0.3, 0.4) is 0 Å². The number of rotatable bonds is 15. The van der Waals surface area contributed by atoms with Crippen LogP contribution in [0.25, 0.3) is 0 Å². The van der Waals surface area contributed by atoms with E-state index < -0.39 is 30.7 Å². The van der Waals surface area contributed by atoms with Gasteiger partial charge in [0.25, 0.3) is 0 Å². The fourth-order valence-corrected chi connectivity index (χ4v) is 4.42. The van der Waals surface area contributed by atoms with E-state index in [4.69, 9.17) is 28.4 Å². The summed E-state index contributed by atoms with van der Waals surface area (Å²) in [5.41, 5.74) is 2.42. The highest BCUT2D eigenvalue weighted by atomic mass is 16.6. The molecule has 0 amide bonds. The first kappa shape index (κ1) is 29.3. The van der Waals surface area contributed by atoms with E-state index in [1.165, 1.54) is 14.2 Å². The molecule has 0 fully saturated rings. The highest BCUT2D eigenvalue weighted by Crippen LogP contribution is 2.52. The van der Waals surface area contributed by atoms with Crippen LogP contribution < -0.4 is 23.7 Å². The van der Waals surface area contributed by atoms with Gasteiger partial charge in [0.15, 0.2) is 23.0 Å². The Bertz CT molecular complexity index is 1040. The summed E-state index contributed by atoms with van der Waals surface area (Å²) in [5.74, 6) is 0.628. The number of methoxy groups -OCH3 is 3. The van der Waals surface area contributed by atoms with Crippen molar-refractivity contribution >= 4 is 5.97 Å². The average molecular weight is 535 g/mol. The molecule has 210 valence electrons. The van der Waals surface area contributed by atoms with E-state index >= 15 is 0 Å². The Kier molecular flexibility index (Phi) is 10.9. The maximum atomic E-state index is 12.4. The van der Waals surface area contributed by atoms with Crippen molar-refractivity contribution in [2.75, 3.05) is 47.8 Å². The second-order valence-electron chi connectivity index (χ2n) is 8.94. The molecule has 3 unspecified atom stereocenters. The van der Waals surface area contributed by atoms with Gasteiger partial charge in [-0.25, -0.2) is 4.79 Å². The van der Waals surface area contributed by atoms with Crippen molar-refractivity contribution in [2.24, 2.45) is 0 Å². The highest BCUT2D eigenvalue weighted by molar-refractivity contribution is 5.75. The number of ether oxygens (including phenoxy) is 6. The molecule has 3 rings (SSSR count). The van der Waals surface area contributed by atoms with Crippen LogP contribution in [0, 0.1) is 0 Å². The summed E-state index contributed by atoms with van der Waals surface area (Å²) >= 11 is 0. The standard InChI is InChI=1S/C28H38O10/c1-5-6-10-36-28(32)24(16-31)37-27-22(34-3)13-18(14-23(27)35-4)25-20(15-30)19-11-17(8-7-9-29)12-21(33-2)26(19)38-25/h11-14,20,24-25,29-31H,5-10,15-16H2,1-4H3. The van der Waals surface area contributed by atoms with Crippen molar-refractivity contribution in [3.05, 3.63) is 41.0 Å². The Balaban J connectivity index is 1.95. The molecule has 2 aromatic carbocycles. The molecule has 0 bridgehead atoms. The summed E-state index contributed by atoms with van der Waals surface area (Å²) in [5, 5.41) is 29.4. The van der Waals surface area contributed by atoms with Gasteiger partial charge in [-0.2, -0.15) is 0 Å². The lowest BCUT2D eigenvalue weighted by molar-refractivity contribution is -0.153. The molecule has 0 spiro atoms. The first-order valence-corrected chi connectivity index (χ1v) is 12.7. The van der Waals surface area contributed by atoms with Crippen LogP contribution in [-0.2, 0) is 16.0 Å². The quantitative estimate of drug-likeness (QED) is 0.231. The number of benzene rings is 2. The van der Waals surface area contributed by atoms with Gasteiger partial charge in [0.2, 0.25) is 11.9 Å². The van der Waals surface area contributed by atoms with Crippen LogP contribution >= 0.6 is 0 Å². The fraction of sp³-hybridized carbons (Fsp3) is 0.536. The summed E-state index contributed by atoms with van der Waals surface area (Å²) in [4.78, 5) is 12.4. The van der Waals surface area contributed by atoms with Gasteiger partial charge in [-0.1, -0.05) is 19.4 Å². The van der Waals surface area contributed by atoms with Crippen LogP contribution in [0.5, 0.6) is 28.7 Å². The molecule has 3 atom stereocenters. The van der Waals surface area contributed by atoms with Crippen LogP contribution in [0.4, 0.5) is 0 Å². The average Bonchev–Trinajstić information content (AvgIpc) is 3.32. The number of hydrogen-bond acceptors (Lipinski definition) is 10. The molecule has 1 aliphatic rings. The predicted molar refractivity (Wildman–Crippen MR) is 139 cm³/mol.